The maximum Gasteiger partial charge on any atom is 0.0904 e. The Kier molecular flexibility index (Phi) is 1.57. The maximum absolute atomic E-state index is 4.43. The molecule has 1 aromatic rings. The predicted molar refractivity (Wildman–Crippen MR) is 48.9 cm³/mol. The quantitative estimate of drug-likeness (QED) is 0.576. The number of thiazole rings is 1. The van der Waals surface area contributed by atoms with Crippen LogP contribution in [0.4, 0.5) is 0 Å². The zero-order valence-electron chi connectivity index (χ0n) is 6.79. The van der Waals surface area contributed by atoms with Gasteiger partial charge in [0.2, 0.25) is 0 Å². The molecule has 1 nitrogen and oxygen atoms in total. The van der Waals surface area contributed by atoms with Crippen LogP contribution in [0.3, 0.4) is 0 Å². The van der Waals surface area contributed by atoms with Crippen LogP contribution in [0.5, 0.6) is 0 Å². The van der Waals surface area contributed by atoms with Crippen molar-refractivity contribution in [1.82, 2.24) is 4.98 Å². The van der Waals surface area contributed by atoms with Gasteiger partial charge in [0.15, 0.2) is 0 Å². The molecule has 2 rings (SSSR count). The Bertz CT molecular complexity index is 299. The van der Waals surface area contributed by atoms with Gasteiger partial charge in [0.25, 0.3) is 0 Å². The molecule has 0 spiro atoms. The second kappa shape index (κ2) is 2.45. The lowest BCUT2D eigenvalue weighted by Crippen LogP contribution is -1.95. The van der Waals surface area contributed by atoms with Crippen molar-refractivity contribution in [1.29, 1.82) is 0 Å². The molecule has 0 aliphatic heterocycles. The van der Waals surface area contributed by atoms with Crippen molar-refractivity contribution in [2.45, 2.75) is 26.2 Å². The van der Waals surface area contributed by atoms with Gasteiger partial charge in [-0.2, -0.15) is 0 Å². The van der Waals surface area contributed by atoms with E-state index in [0.717, 1.165) is 0 Å². The minimum atomic E-state index is 0.682. The van der Waals surface area contributed by atoms with E-state index < -0.39 is 0 Å². The maximum atomic E-state index is 4.43. The summed E-state index contributed by atoms with van der Waals surface area (Å²) >= 11 is 1.84. The van der Waals surface area contributed by atoms with Gasteiger partial charge in [0, 0.05) is 4.88 Å². The van der Waals surface area contributed by atoms with E-state index in [9.17, 15) is 0 Å². The summed E-state index contributed by atoms with van der Waals surface area (Å²) in [5.41, 5.74) is 1.20. The van der Waals surface area contributed by atoms with Gasteiger partial charge in [-0.05, 0) is 25.3 Å². The number of hydrogen-bond donors (Lipinski definition) is 0. The Labute approximate surface area is 70.8 Å². The molecule has 0 radical (unpaired) electrons. The number of allylic oxidation sites excluding steroid dienone is 1. The summed E-state index contributed by atoms with van der Waals surface area (Å²) in [5, 5.41) is 1.19. The first-order chi connectivity index (χ1) is 5.27. The summed E-state index contributed by atoms with van der Waals surface area (Å²) in [6.07, 6.45) is 5.53. The summed E-state index contributed by atoms with van der Waals surface area (Å²) in [5.74, 6) is 0.682. The van der Waals surface area contributed by atoms with Crippen molar-refractivity contribution in [2.24, 2.45) is 0 Å². The van der Waals surface area contributed by atoms with Crippen LogP contribution in [-0.4, -0.2) is 4.98 Å². The van der Waals surface area contributed by atoms with Crippen molar-refractivity contribution >= 4 is 17.4 Å². The molecule has 1 aliphatic carbocycles. The molecule has 1 aliphatic rings. The molecule has 0 saturated carbocycles. The normalized spacial score (nSPS) is 21.8. The molecule has 0 fully saturated rings. The van der Waals surface area contributed by atoms with Crippen molar-refractivity contribution in [3.8, 4) is 0 Å². The Morgan fingerprint density at radius 1 is 1.64 bits per heavy atom. The van der Waals surface area contributed by atoms with Gasteiger partial charge in [-0.3, -0.25) is 0 Å². The lowest BCUT2D eigenvalue weighted by atomic mass is 10.00. The first kappa shape index (κ1) is 7.04. The SMILES string of the molecule is Cc1nc2c(s1)C(C)CC=C2. The number of fused-ring (bicyclic) bond motifs is 1. The van der Waals surface area contributed by atoms with Crippen LogP contribution in [0, 0.1) is 6.92 Å². The Morgan fingerprint density at radius 2 is 2.45 bits per heavy atom. The smallest absolute Gasteiger partial charge is 0.0904 e. The summed E-state index contributed by atoms with van der Waals surface area (Å²) in [4.78, 5) is 5.90. The topological polar surface area (TPSA) is 12.9 Å². The average molecular weight is 165 g/mol. The standard InChI is InChI=1S/C9H11NS/c1-6-4-3-5-8-9(6)11-7(2)10-8/h3,5-6H,4H2,1-2H3. The largest absolute Gasteiger partial charge is 0.242 e. The highest BCUT2D eigenvalue weighted by molar-refractivity contribution is 7.11. The average Bonchev–Trinajstić information content (AvgIpc) is 2.31. The lowest BCUT2D eigenvalue weighted by molar-refractivity contribution is 0.785. The second-order valence-corrected chi connectivity index (χ2v) is 4.26. The highest BCUT2D eigenvalue weighted by atomic mass is 32.1. The molecule has 11 heavy (non-hydrogen) atoms. The third-order valence-electron chi connectivity index (χ3n) is 2.00. The molecule has 58 valence electrons. The molecular formula is C9H11NS. The van der Waals surface area contributed by atoms with Crippen LogP contribution in [0.1, 0.15) is 34.8 Å². The molecule has 1 atom stereocenters. The fourth-order valence-electron chi connectivity index (χ4n) is 1.42. The van der Waals surface area contributed by atoms with Gasteiger partial charge >= 0.3 is 0 Å². The molecule has 0 amide bonds. The first-order valence-corrected chi connectivity index (χ1v) is 4.73. The lowest BCUT2D eigenvalue weighted by Gasteiger charge is -2.10. The summed E-state index contributed by atoms with van der Waals surface area (Å²) in [7, 11) is 0. The second-order valence-electron chi connectivity index (χ2n) is 3.02. The highest BCUT2D eigenvalue weighted by Gasteiger charge is 2.15. The number of aromatic nitrogens is 1. The van der Waals surface area contributed by atoms with Crippen LogP contribution < -0.4 is 0 Å². The summed E-state index contributed by atoms with van der Waals surface area (Å²) < 4.78 is 0. The van der Waals surface area contributed by atoms with Crippen LogP contribution in [-0.2, 0) is 0 Å². The van der Waals surface area contributed by atoms with E-state index in [4.69, 9.17) is 0 Å². The van der Waals surface area contributed by atoms with E-state index in [0.29, 0.717) is 5.92 Å². The van der Waals surface area contributed by atoms with E-state index in [2.05, 4.69) is 31.0 Å². The van der Waals surface area contributed by atoms with E-state index in [1.807, 2.05) is 11.3 Å². The predicted octanol–water partition coefficient (Wildman–Crippen LogP) is 2.97. The van der Waals surface area contributed by atoms with Gasteiger partial charge in [0.1, 0.15) is 0 Å². The van der Waals surface area contributed by atoms with Crippen LogP contribution in [0.2, 0.25) is 0 Å². The van der Waals surface area contributed by atoms with Crippen molar-refractivity contribution < 1.29 is 0 Å². The molecule has 0 saturated heterocycles. The molecule has 0 bridgehead atoms. The van der Waals surface area contributed by atoms with Gasteiger partial charge < -0.3 is 0 Å². The molecule has 1 aromatic heterocycles. The zero-order chi connectivity index (χ0) is 7.84. The van der Waals surface area contributed by atoms with Crippen molar-refractivity contribution in [3.63, 3.8) is 0 Å². The van der Waals surface area contributed by atoms with Crippen molar-refractivity contribution in [3.05, 3.63) is 21.7 Å². The third kappa shape index (κ3) is 1.11. The first-order valence-electron chi connectivity index (χ1n) is 3.91. The molecular weight excluding hydrogens is 154 g/mol. The molecule has 0 aromatic carbocycles. The molecule has 1 unspecified atom stereocenters. The molecule has 1 heterocycles. The summed E-state index contributed by atoms with van der Waals surface area (Å²) in [6, 6.07) is 0. The van der Waals surface area contributed by atoms with Gasteiger partial charge in [-0.25, -0.2) is 4.98 Å². The van der Waals surface area contributed by atoms with Crippen LogP contribution in [0.15, 0.2) is 6.08 Å². The minimum absolute atomic E-state index is 0.682. The minimum Gasteiger partial charge on any atom is -0.242 e. The monoisotopic (exact) mass is 165 g/mol. The third-order valence-corrected chi connectivity index (χ3v) is 3.22. The Hall–Kier alpha value is -0.630. The van der Waals surface area contributed by atoms with E-state index in [-0.39, 0.29) is 0 Å². The number of hydrogen-bond acceptors (Lipinski definition) is 2. The summed E-state index contributed by atoms with van der Waals surface area (Å²) in [6.45, 7) is 4.34. The van der Waals surface area contributed by atoms with Gasteiger partial charge in [0.05, 0.1) is 10.7 Å². The number of rotatable bonds is 0. The molecule has 2 heteroatoms. The Morgan fingerprint density at radius 3 is 3.18 bits per heavy atom. The van der Waals surface area contributed by atoms with Crippen LogP contribution >= 0.6 is 11.3 Å². The van der Waals surface area contributed by atoms with Gasteiger partial charge in [-0.15, -0.1) is 11.3 Å². The van der Waals surface area contributed by atoms with Crippen LogP contribution in [0.25, 0.3) is 6.08 Å². The van der Waals surface area contributed by atoms with Gasteiger partial charge in [-0.1, -0.05) is 13.0 Å². The van der Waals surface area contributed by atoms with E-state index >= 15 is 0 Å². The Balaban J connectivity index is 2.53. The van der Waals surface area contributed by atoms with E-state index in [1.54, 1.807) is 0 Å². The zero-order valence-corrected chi connectivity index (χ0v) is 7.61. The fourth-order valence-corrected chi connectivity index (χ4v) is 2.40. The highest BCUT2D eigenvalue weighted by Crippen LogP contribution is 2.33. The number of aryl methyl sites for hydroxylation is 1. The fraction of sp³-hybridized carbons (Fsp3) is 0.444. The van der Waals surface area contributed by atoms with E-state index in [1.165, 1.54) is 22.0 Å². The van der Waals surface area contributed by atoms with Crippen molar-refractivity contribution in [2.75, 3.05) is 0 Å². The number of nitrogens with zero attached hydrogens (tertiary/aromatic N) is 1. The molecule has 0 N–H and O–H groups in total.